The Kier molecular flexibility index (Phi) is 4.95. The SMILES string of the molecule is N#CCC/C=C\[C@H]1O[C@@H]1COCc1ccccc1. The van der Waals surface area contributed by atoms with E-state index >= 15 is 0 Å². The highest BCUT2D eigenvalue weighted by Gasteiger charge is 2.36. The molecule has 1 saturated heterocycles. The normalized spacial score (nSPS) is 21.9. The van der Waals surface area contributed by atoms with Gasteiger partial charge in [0.05, 0.1) is 19.3 Å². The van der Waals surface area contributed by atoms with Crippen LogP contribution in [0.2, 0.25) is 0 Å². The maximum Gasteiger partial charge on any atom is 0.111 e. The van der Waals surface area contributed by atoms with Gasteiger partial charge in [0.1, 0.15) is 12.2 Å². The largest absolute Gasteiger partial charge is 0.374 e. The van der Waals surface area contributed by atoms with Crippen molar-refractivity contribution in [1.82, 2.24) is 0 Å². The van der Waals surface area contributed by atoms with E-state index in [-0.39, 0.29) is 12.2 Å². The molecule has 1 aromatic rings. The highest BCUT2D eigenvalue weighted by Crippen LogP contribution is 2.24. The molecule has 1 aliphatic heterocycles. The average molecular weight is 243 g/mol. The van der Waals surface area contributed by atoms with Gasteiger partial charge in [0.25, 0.3) is 0 Å². The predicted molar refractivity (Wildman–Crippen MR) is 68.7 cm³/mol. The van der Waals surface area contributed by atoms with Crippen molar-refractivity contribution in [1.29, 1.82) is 5.26 Å². The minimum Gasteiger partial charge on any atom is -0.374 e. The molecular formula is C15H17NO2. The second-order valence-electron chi connectivity index (χ2n) is 4.26. The van der Waals surface area contributed by atoms with Gasteiger partial charge in [-0.2, -0.15) is 5.26 Å². The average Bonchev–Trinajstić information content (AvgIpc) is 3.15. The van der Waals surface area contributed by atoms with Crippen LogP contribution in [0.5, 0.6) is 0 Å². The molecule has 0 aliphatic carbocycles. The molecule has 94 valence electrons. The molecule has 3 nitrogen and oxygen atoms in total. The molecule has 2 rings (SSSR count). The molecule has 3 heteroatoms. The molecule has 0 radical (unpaired) electrons. The molecule has 0 spiro atoms. The number of hydrogen-bond donors (Lipinski definition) is 0. The summed E-state index contributed by atoms with van der Waals surface area (Å²) in [5.74, 6) is 0. The zero-order valence-electron chi connectivity index (χ0n) is 10.3. The molecule has 0 amide bonds. The minimum absolute atomic E-state index is 0.180. The van der Waals surface area contributed by atoms with Gasteiger partial charge in [0.2, 0.25) is 0 Å². The quantitative estimate of drug-likeness (QED) is 0.420. The van der Waals surface area contributed by atoms with Crippen molar-refractivity contribution in [2.24, 2.45) is 0 Å². The lowest BCUT2D eigenvalue weighted by Crippen LogP contribution is -2.03. The summed E-state index contributed by atoms with van der Waals surface area (Å²) in [6.07, 6.45) is 5.76. The fourth-order valence-electron chi connectivity index (χ4n) is 1.71. The second-order valence-corrected chi connectivity index (χ2v) is 4.26. The summed E-state index contributed by atoms with van der Waals surface area (Å²) < 4.78 is 11.0. The molecule has 0 saturated carbocycles. The fraction of sp³-hybridized carbons (Fsp3) is 0.400. The first-order chi connectivity index (χ1) is 8.90. The van der Waals surface area contributed by atoms with Crippen molar-refractivity contribution in [3.8, 4) is 6.07 Å². The maximum absolute atomic E-state index is 8.39. The first kappa shape index (κ1) is 12.8. The van der Waals surface area contributed by atoms with Crippen LogP contribution in [0.1, 0.15) is 18.4 Å². The van der Waals surface area contributed by atoms with Crippen LogP contribution >= 0.6 is 0 Å². The first-order valence-corrected chi connectivity index (χ1v) is 6.21. The zero-order chi connectivity index (χ0) is 12.6. The Hall–Kier alpha value is -1.63. The Bertz CT molecular complexity index is 422. The van der Waals surface area contributed by atoms with Crippen LogP contribution in [0, 0.1) is 11.3 Å². The molecular weight excluding hydrogens is 226 g/mol. The fourth-order valence-corrected chi connectivity index (χ4v) is 1.71. The van der Waals surface area contributed by atoms with Gasteiger partial charge in [0, 0.05) is 6.42 Å². The number of epoxide rings is 1. The summed E-state index contributed by atoms with van der Waals surface area (Å²) in [7, 11) is 0. The van der Waals surface area contributed by atoms with Crippen molar-refractivity contribution in [3.63, 3.8) is 0 Å². The van der Waals surface area contributed by atoms with Gasteiger partial charge in [-0.3, -0.25) is 0 Å². The van der Waals surface area contributed by atoms with Crippen LogP contribution in [-0.2, 0) is 16.1 Å². The number of unbranched alkanes of at least 4 members (excludes halogenated alkanes) is 1. The van der Waals surface area contributed by atoms with Gasteiger partial charge in [-0.05, 0) is 12.0 Å². The highest BCUT2D eigenvalue weighted by atomic mass is 16.6. The van der Waals surface area contributed by atoms with Crippen LogP contribution in [0.4, 0.5) is 0 Å². The Balaban J connectivity index is 1.57. The molecule has 2 atom stereocenters. The third-order valence-corrected chi connectivity index (χ3v) is 2.76. The van der Waals surface area contributed by atoms with Gasteiger partial charge in [-0.1, -0.05) is 42.5 Å². The van der Waals surface area contributed by atoms with Crippen molar-refractivity contribution in [2.45, 2.75) is 31.7 Å². The molecule has 0 unspecified atom stereocenters. The standard InChI is InChI=1S/C15H17NO2/c16-10-6-2-5-9-14-15(18-14)12-17-11-13-7-3-1-4-8-13/h1,3-5,7-9,14-15H,2,6,11-12H2/b9-5-/t14-,15-/m1/s1. The molecule has 0 bridgehead atoms. The molecule has 18 heavy (non-hydrogen) atoms. The van der Waals surface area contributed by atoms with E-state index in [0.717, 1.165) is 6.42 Å². The van der Waals surface area contributed by atoms with Crippen molar-refractivity contribution >= 4 is 0 Å². The monoisotopic (exact) mass is 243 g/mol. The van der Waals surface area contributed by atoms with Crippen LogP contribution in [0.15, 0.2) is 42.5 Å². The minimum atomic E-state index is 0.180. The molecule has 1 aromatic carbocycles. The Morgan fingerprint density at radius 2 is 2.17 bits per heavy atom. The van der Waals surface area contributed by atoms with E-state index in [2.05, 4.69) is 6.07 Å². The van der Waals surface area contributed by atoms with E-state index in [4.69, 9.17) is 14.7 Å². The maximum atomic E-state index is 8.39. The molecule has 0 N–H and O–H groups in total. The van der Waals surface area contributed by atoms with Crippen molar-refractivity contribution < 1.29 is 9.47 Å². The summed E-state index contributed by atoms with van der Waals surface area (Å²) in [6.45, 7) is 1.26. The lowest BCUT2D eigenvalue weighted by Gasteiger charge is -2.01. The van der Waals surface area contributed by atoms with Crippen LogP contribution < -0.4 is 0 Å². The summed E-state index contributed by atoms with van der Waals surface area (Å²) in [5, 5.41) is 8.39. The lowest BCUT2D eigenvalue weighted by molar-refractivity contribution is 0.104. The molecule has 1 heterocycles. The highest BCUT2D eigenvalue weighted by molar-refractivity contribution is 5.13. The molecule has 1 fully saturated rings. The number of benzene rings is 1. The number of rotatable bonds is 7. The Morgan fingerprint density at radius 3 is 2.94 bits per heavy atom. The molecule has 0 aromatic heterocycles. The lowest BCUT2D eigenvalue weighted by atomic mass is 10.2. The number of nitrogens with zero attached hydrogens (tertiary/aromatic N) is 1. The Morgan fingerprint density at radius 1 is 1.33 bits per heavy atom. The topological polar surface area (TPSA) is 45.5 Å². The van der Waals surface area contributed by atoms with Gasteiger partial charge in [-0.15, -0.1) is 0 Å². The van der Waals surface area contributed by atoms with Crippen molar-refractivity contribution in [2.75, 3.05) is 6.61 Å². The third kappa shape index (κ3) is 4.33. The second kappa shape index (κ2) is 6.95. The van der Waals surface area contributed by atoms with E-state index in [0.29, 0.717) is 19.6 Å². The summed E-state index contributed by atoms with van der Waals surface area (Å²) in [5.41, 5.74) is 1.18. The van der Waals surface area contributed by atoms with Crippen LogP contribution in [-0.4, -0.2) is 18.8 Å². The van der Waals surface area contributed by atoms with E-state index < -0.39 is 0 Å². The summed E-state index contributed by atoms with van der Waals surface area (Å²) in [6, 6.07) is 12.2. The van der Waals surface area contributed by atoms with Gasteiger partial charge in [-0.25, -0.2) is 0 Å². The molecule has 1 aliphatic rings. The summed E-state index contributed by atoms with van der Waals surface area (Å²) in [4.78, 5) is 0. The first-order valence-electron chi connectivity index (χ1n) is 6.21. The third-order valence-electron chi connectivity index (χ3n) is 2.76. The van der Waals surface area contributed by atoms with E-state index in [1.54, 1.807) is 0 Å². The Labute approximate surface area is 108 Å². The number of hydrogen-bond acceptors (Lipinski definition) is 3. The number of allylic oxidation sites excluding steroid dienone is 1. The van der Waals surface area contributed by atoms with E-state index in [1.807, 2.05) is 42.5 Å². The number of ether oxygens (including phenoxy) is 2. The van der Waals surface area contributed by atoms with Gasteiger partial charge in [0.15, 0.2) is 0 Å². The van der Waals surface area contributed by atoms with Gasteiger partial charge < -0.3 is 9.47 Å². The van der Waals surface area contributed by atoms with Gasteiger partial charge >= 0.3 is 0 Å². The van der Waals surface area contributed by atoms with Crippen LogP contribution in [0.3, 0.4) is 0 Å². The van der Waals surface area contributed by atoms with E-state index in [9.17, 15) is 0 Å². The number of nitriles is 1. The smallest absolute Gasteiger partial charge is 0.111 e. The summed E-state index contributed by atoms with van der Waals surface area (Å²) >= 11 is 0. The van der Waals surface area contributed by atoms with Crippen LogP contribution in [0.25, 0.3) is 0 Å². The van der Waals surface area contributed by atoms with E-state index in [1.165, 1.54) is 5.56 Å². The predicted octanol–water partition coefficient (Wildman–Crippen LogP) is 2.83. The zero-order valence-corrected chi connectivity index (χ0v) is 10.3. The van der Waals surface area contributed by atoms with Crippen molar-refractivity contribution in [3.05, 3.63) is 48.0 Å².